The van der Waals surface area contributed by atoms with Crippen molar-refractivity contribution in [2.24, 2.45) is 5.73 Å². The molecule has 0 saturated heterocycles. The van der Waals surface area contributed by atoms with Crippen molar-refractivity contribution in [2.75, 3.05) is 0 Å². The minimum absolute atomic E-state index is 0. The summed E-state index contributed by atoms with van der Waals surface area (Å²) < 4.78 is 0. The van der Waals surface area contributed by atoms with Crippen molar-refractivity contribution in [1.82, 2.24) is 0 Å². The van der Waals surface area contributed by atoms with E-state index in [1.165, 1.54) is 5.56 Å². The smallest absolute Gasteiger partial charge is 0.0178 e. The third kappa shape index (κ3) is 2.48. The molecule has 0 saturated carbocycles. The maximum absolute atomic E-state index is 5.35. The second-order valence-electron chi connectivity index (χ2n) is 1.69. The molecule has 0 aliphatic rings. The Morgan fingerprint density at radius 2 is 1.60 bits per heavy atom. The number of rotatable bonds is 1. The van der Waals surface area contributed by atoms with Crippen molar-refractivity contribution in [3.05, 3.63) is 43.3 Å². The Labute approximate surface area is 56.5 Å². The molecule has 0 bridgehead atoms. The molecular formula is C8H12FmN-. The van der Waals surface area contributed by atoms with Gasteiger partial charge in [-0.15, -0.1) is 0 Å². The van der Waals surface area contributed by atoms with E-state index < -0.39 is 0 Å². The Kier molecular flexibility index (Phi) is 5.87. The first kappa shape index (κ1) is 11.0. The van der Waals surface area contributed by atoms with Crippen LogP contribution in [0.1, 0.15) is 5.56 Å². The predicted octanol–water partition coefficient (Wildman–Crippen LogP) is 1.60. The zero-order chi connectivity index (χ0) is 5.82. The molecule has 0 fully saturated rings. The number of nitrogens with two attached hydrogens (primary N) is 1. The minimum atomic E-state index is 0. The van der Waals surface area contributed by atoms with Crippen LogP contribution in [0.3, 0.4) is 0 Å². The Hall–Kier alpha value is -1.82. The maximum Gasteiger partial charge on any atom is 0.0178 e. The number of hydrogen-bond donors (Lipinski definition) is 1. The van der Waals surface area contributed by atoms with Gasteiger partial charge in [-0.25, -0.2) is 0 Å². The van der Waals surface area contributed by atoms with Crippen LogP contribution in [0.2, 0.25) is 0 Å². The van der Waals surface area contributed by atoms with Crippen LogP contribution in [0.25, 0.3) is 0 Å². The number of benzene rings is 1. The van der Waals surface area contributed by atoms with Gasteiger partial charge in [-0.1, -0.05) is 30.3 Å². The van der Waals surface area contributed by atoms with Crippen LogP contribution in [0.15, 0.2) is 30.3 Å². The van der Waals surface area contributed by atoms with Gasteiger partial charge in [0.1, 0.15) is 0 Å². The van der Waals surface area contributed by atoms with Crippen molar-refractivity contribution in [2.45, 2.75) is 6.54 Å². The molecule has 1 aromatic carbocycles. The van der Waals surface area contributed by atoms with E-state index >= 15 is 0 Å². The van der Waals surface area contributed by atoms with Crippen molar-refractivity contribution >= 4 is 0 Å². The van der Waals surface area contributed by atoms with Crippen molar-refractivity contribution in [3.8, 4) is 0 Å². The van der Waals surface area contributed by atoms with E-state index in [4.69, 9.17) is 5.73 Å². The van der Waals surface area contributed by atoms with E-state index in [9.17, 15) is 0 Å². The van der Waals surface area contributed by atoms with Crippen LogP contribution in [-0.2, 0) is 6.54 Å². The normalized spacial score (nSPS) is 7.30. The summed E-state index contributed by atoms with van der Waals surface area (Å²) in [6, 6.07) is 9.99. The summed E-state index contributed by atoms with van der Waals surface area (Å²) in [7, 11) is 0. The number of hydrogen-bond acceptors (Lipinski definition) is 1. The zero-order valence-corrected chi connectivity index (χ0v) is 8.36. The molecule has 0 aliphatic heterocycles. The third-order valence-electron chi connectivity index (χ3n) is 1.08. The van der Waals surface area contributed by atoms with Gasteiger partial charge in [0, 0.05) is 6.54 Å². The SMILES string of the molecule is NCc1ccccc1.[CH3-].[Fm]. The Morgan fingerprint density at radius 1 is 1.10 bits per heavy atom. The van der Waals surface area contributed by atoms with Crippen LogP contribution in [0.5, 0.6) is 0 Å². The monoisotopic (exact) mass is 379 g/mol. The van der Waals surface area contributed by atoms with Gasteiger partial charge in [-0.05, 0) is 5.56 Å². The first-order valence-electron chi connectivity index (χ1n) is 2.67. The molecule has 1 aromatic rings. The molecule has 0 amide bonds. The third-order valence-corrected chi connectivity index (χ3v) is 1.08. The summed E-state index contributed by atoms with van der Waals surface area (Å²) >= 11 is 0. The fraction of sp³-hybridized carbons (Fsp3) is 0.125. The molecule has 0 aromatic heterocycles. The quantitative estimate of drug-likeness (QED) is 0.738. The second kappa shape index (κ2) is 5.32. The molecule has 2 heteroatoms. The van der Waals surface area contributed by atoms with Gasteiger partial charge >= 0.3 is 0 Å². The van der Waals surface area contributed by atoms with Crippen LogP contribution in [-0.4, -0.2) is 0 Å². The maximum atomic E-state index is 5.35. The molecule has 1 rings (SSSR count). The van der Waals surface area contributed by atoms with E-state index in [0.29, 0.717) is 6.54 Å². The predicted molar refractivity (Wildman–Crippen MR) is 40.7 cm³/mol. The molecule has 0 spiro atoms. The second-order valence-corrected chi connectivity index (χ2v) is 1.69. The Bertz CT molecular complexity index is 151. The Balaban J connectivity index is 0. The summed E-state index contributed by atoms with van der Waals surface area (Å²) in [6.07, 6.45) is 0. The molecule has 0 radical (unpaired) electrons. The molecule has 0 heterocycles. The molecular weight excluding hydrogens is 367 g/mol. The minimum Gasteiger partial charge on any atom is -0.358 e. The average molecular weight is 379 g/mol. The summed E-state index contributed by atoms with van der Waals surface area (Å²) in [5, 5.41) is 0. The van der Waals surface area contributed by atoms with Gasteiger partial charge in [-0.2, -0.15) is 0 Å². The van der Waals surface area contributed by atoms with Crippen LogP contribution >= 0.6 is 0 Å². The van der Waals surface area contributed by atoms with Crippen LogP contribution in [0, 0.1) is 7.43 Å². The van der Waals surface area contributed by atoms with Crippen LogP contribution < -0.4 is 5.73 Å². The van der Waals surface area contributed by atoms with E-state index in [1.54, 1.807) is 0 Å². The fourth-order valence-electron chi connectivity index (χ4n) is 0.614. The van der Waals surface area contributed by atoms with Gasteiger partial charge in [0.2, 0.25) is 0 Å². The van der Waals surface area contributed by atoms with Crippen LogP contribution in [0.4, 0.5) is 0 Å². The molecule has 62 valence electrons. The molecule has 1 nitrogen and oxygen atoms in total. The summed E-state index contributed by atoms with van der Waals surface area (Å²) in [5.74, 6) is 0. The van der Waals surface area contributed by atoms with Crippen molar-refractivity contribution < 1.29 is 0 Å². The molecule has 10 heavy (non-hydrogen) atoms. The molecule has 2 N–H and O–H groups in total. The summed E-state index contributed by atoms with van der Waals surface area (Å²) in [6.45, 7) is 0.640. The van der Waals surface area contributed by atoms with Crippen molar-refractivity contribution in [3.63, 3.8) is 0 Å². The standard InChI is InChI=1S/C7H9N.CH3.Fm/c8-6-7-4-2-1-3-5-7;;/h1-5H,6,8H2;1H3;/q;-1;. The van der Waals surface area contributed by atoms with E-state index in [2.05, 4.69) is 0 Å². The first-order valence-corrected chi connectivity index (χ1v) is 2.67. The molecule has 0 unspecified atom stereocenters. The van der Waals surface area contributed by atoms with Gasteiger partial charge in [-0.3, -0.25) is 0 Å². The average Bonchev–Trinajstić information content (AvgIpc) is 1.90. The Morgan fingerprint density at radius 3 is 1.90 bits per heavy atom. The van der Waals surface area contributed by atoms with E-state index in [0.717, 1.165) is 0 Å². The first-order chi connectivity index (χ1) is 3.93. The molecule has 0 aliphatic carbocycles. The zero-order valence-electron chi connectivity index (χ0n) is 5.96. The fourth-order valence-corrected chi connectivity index (χ4v) is 0.614. The van der Waals surface area contributed by atoms with Gasteiger partial charge in [0.25, 0.3) is 0 Å². The van der Waals surface area contributed by atoms with Gasteiger partial charge < -0.3 is 13.2 Å². The van der Waals surface area contributed by atoms with Gasteiger partial charge in [0.05, 0.1) is 0 Å². The topological polar surface area (TPSA) is 26.0 Å². The van der Waals surface area contributed by atoms with Crippen molar-refractivity contribution in [1.29, 1.82) is 0 Å². The summed E-state index contributed by atoms with van der Waals surface area (Å²) in [5.41, 5.74) is 6.54. The van der Waals surface area contributed by atoms with E-state index in [1.807, 2.05) is 30.3 Å². The van der Waals surface area contributed by atoms with Gasteiger partial charge in [0.15, 0.2) is 0 Å². The largest absolute Gasteiger partial charge is 0.358 e. The molecule has 0 atom stereocenters. The van der Waals surface area contributed by atoms with E-state index in [-0.39, 0.29) is 7.43 Å². The summed E-state index contributed by atoms with van der Waals surface area (Å²) in [4.78, 5) is 0.